The summed E-state index contributed by atoms with van der Waals surface area (Å²) in [6.45, 7) is 22.2. The lowest BCUT2D eigenvalue weighted by molar-refractivity contribution is 0.480. The van der Waals surface area contributed by atoms with Crippen LogP contribution < -0.4 is 0 Å². The molecule has 9 aromatic rings. The molecule has 0 radical (unpaired) electrons. The van der Waals surface area contributed by atoms with E-state index in [0.717, 1.165) is 66.9 Å². The van der Waals surface area contributed by atoms with Gasteiger partial charge in [0.05, 0.1) is 22.2 Å². The third kappa shape index (κ3) is 6.26. The lowest BCUT2D eigenvalue weighted by atomic mass is 9.84. The van der Waals surface area contributed by atoms with Gasteiger partial charge in [-0.3, -0.25) is 4.57 Å². The SMILES string of the molecule is Cc1cc(C)cc(-c2cc(-c3cccc4c3nc(-c3cc(C(C)(C)C)cc5c3[nH]c3ccc(C(C)(C)C)cc35)n4-c3cc(C)cc(C)c3)nc3c(O)cccc23)c1. The Morgan fingerprint density at radius 2 is 1.19 bits per heavy atom. The van der Waals surface area contributed by atoms with Gasteiger partial charge in [-0.25, -0.2) is 9.97 Å². The molecule has 57 heavy (non-hydrogen) atoms. The van der Waals surface area contributed by atoms with Crippen LogP contribution in [0.5, 0.6) is 5.75 Å². The van der Waals surface area contributed by atoms with E-state index < -0.39 is 0 Å². The van der Waals surface area contributed by atoms with Gasteiger partial charge in [0.15, 0.2) is 0 Å². The number of aromatic hydroxyl groups is 1. The molecule has 0 amide bonds. The Hall–Kier alpha value is -6.20. The number of fused-ring (bicyclic) bond motifs is 5. The number of aromatic nitrogens is 4. The molecule has 0 saturated heterocycles. The van der Waals surface area contributed by atoms with Crippen molar-refractivity contribution < 1.29 is 5.11 Å². The number of hydrogen-bond acceptors (Lipinski definition) is 3. The molecule has 0 fully saturated rings. The van der Waals surface area contributed by atoms with E-state index >= 15 is 0 Å². The van der Waals surface area contributed by atoms with Crippen LogP contribution in [0.25, 0.3) is 83.2 Å². The first-order valence-electron chi connectivity index (χ1n) is 20.0. The summed E-state index contributed by atoms with van der Waals surface area (Å²) in [6, 6.07) is 39.1. The minimum atomic E-state index is -0.113. The number of phenols is 1. The average molecular weight is 747 g/mol. The number of aryl methyl sites for hydroxylation is 4. The molecule has 0 aliphatic rings. The fourth-order valence-corrected chi connectivity index (χ4v) is 8.64. The van der Waals surface area contributed by atoms with E-state index in [4.69, 9.17) is 9.97 Å². The molecule has 0 bridgehead atoms. The van der Waals surface area contributed by atoms with Crippen LogP contribution >= 0.6 is 0 Å². The average Bonchev–Trinajstić information content (AvgIpc) is 3.71. The van der Waals surface area contributed by atoms with E-state index in [9.17, 15) is 5.11 Å². The number of hydrogen-bond donors (Lipinski definition) is 2. The quantitative estimate of drug-likeness (QED) is 0.188. The second kappa shape index (κ2) is 12.9. The molecule has 6 aromatic carbocycles. The number of H-pyrrole nitrogens is 1. The van der Waals surface area contributed by atoms with Crippen molar-refractivity contribution in [1.82, 2.24) is 19.5 Å². The Labute approximate surface area is 335 Å². The molecule has 5 heteroatoms. The Bertz CT molecular complexity index is 3050. The van der Waals surface area contributed by atoms with E-state index in [2.05, 4.69) is 170 Å². The third-order valence-electron chi connectivity index (χ3n) is 11.5. The molecule has 0 aliphatic heterocycles. The molecule has 284 valence electrons. The molecular formula is C52H50N4O. The van der Waals surface area contributed by atoms with Crippen molar-refractivity contribution in [2.75, 3.05) is 0 Å². The number of nitrogens with zero attached hydrogens (tertiary/aromatic N) is 3. The first-order valence-corrected chi connectivity index (χ1v) is 20.0. The first kappa shape index (κ1) is 36.4. The van der Waals surface area contributed by atoms with E-state index in [1.807, 2.05) is 12.1 Å². The zero-order valence-corrected chi connectivity index (χ0v) is 34.7. The second-order valence-corrected chi connectivity index (χ2v) is 18.2. The lowest BCUT2D eigenvalue weighted by Gasteiger charge is -2.21. The number of nitrogens with one attached hydrogen (secondary N) is 1. The number of pyridine rings is 1. The topological polar surface area (TPSA) is 66.7 Å². The largest absolute Gasteiger partial charge is 0.506 e. The summed E-state index contributed by atoms with van der Waals surface area (Å²) in [5.74, 6) is 1.02. The van der Waals surface area contributed by atoms with Crippen molar-refractivity contribution in [1.29, 1.82) is 0 Å². The zero-order valence-electron chi connectivity index (χ0n) is 34.7. The molecule has 3 heterocycles. The maximum atomic E-state index is 11.3. The Balaban J connectivity index is 1.39. The van der Waals surface area contributed by atoms with Crippen LogP contribution in [0.4, 0.5) is 0 Å². The summed E-state index contributed by atoms with van der Waals surface area (Å²) in [4.78, 5) is 14.7. The second-order valence-electron chi connectivity index (χ2n) is 18.2. The first-order chi connectivity index (χ1) is 27.0. The number of aromatic amines is 1. The van der Waals surface area contributed by atoms with Gasteiger partial charge in [0.2, 0.25) is 0 Å². The minimum Gasteiger partial charge on any atom is -0.506 e. The van der Waals surface area contributed by atoms with Gasteiger partial charge in [0.1, 0.15) is 17.1 Å². The Morgan fingerprint density at radius 1 is 0.544 bits per heavy atom. The molecule has 0 spiro atoms. The Kier molecular flexibility index (Phi) is 8.26. The molecule has 0 saturated carbocycles. The number of phenolic OH excluding ortho intramolecular Hbond substituents is 1. The summed E-state index contributed by atoms with van der Waals surface area (Å²) < 4.78 is 2.33. The van der Waals surface area contributed by atoms with Gasteiger partial charge >= 0.3 is 0 Å². The number of rotatable bonds is 4. The van der Waals surface area contributed by atoms with Gasteiger partial charge in [-0.15, -0.1) is 0 Å². The molecule has 9 rings (SSSR count). The lowest BCUT2D eigenvalue weighted by Crippen LogP contribution is -2.11. The normalized spacial score (nSPS) is 12.5. The van der Waals surface area contributed by atoms with Gasteiger partial charge in [-0.05, 0) is 127 Å². The zero-order chi connectivity index (χ0) is 40.1. The van der Waals surface area contributed by atoms with Crippen molar-refractivity contribution in [3.8, 4) is 45.2 Å². The third-order valence-corrected chi connectivity index (χ3v) is 11.5. The van der Waals surface area contributed by atoms with E-state index in [0.29, 0.717) is 5.52 Å². The van der Waals surface area contributed by atoms with Crippen LogP contribution in [0.15, 0.2) is 109 Å². The van der Waals surface area contributed by atoms with Gasteiger partial charge in [-0.2, -0.15) is 0 Å². The predicted molar refractivity (Wildman–Crippen MR) is 240 cm³/mol. The smallest absolute Gasteiger partial charge is 0.147 e. The fourth-order valence-electron chi connectivity index (χ4n) is 8.64. The summed E-state index contributed by atoms with van der Waals surface area (Å²) in [7, 11) is 0. The highest BCUT2D eigenvalue weighted by Gasteiger charge is 2.26. The number of imidazole rings is 1. The van der Waals surface area contributed by atoms with Crippen molar-refractivity contribution in [2.45, 2.75) is 80.1 Å². The van der Waals surface area contributed by atoms with Gasteiger partial charge < -0.3 is 10.1 Å². The summed E-state index contributed by atoms with van der Waals surface area (Å²) in [5.41, 5.74) is 17.7. The summed E-state index contributed by atoms with van der Waals surface area (Å²) in [6.07, 6.45) is 0. The van der Waals surface area contributed by atoms with Crippen LogP contribution in [0.3, 0.4) is 0 Å². The van der Waals surface area contributed by atoms with Crippen molar-refractivity contribution in [3.05, 3.63) is 143 Å². The van der Waals surface area contributed by atoms with Gasteiger partial charge in [0.25, 0.3) is 0 Å². The highest BCUT2D eigenvalue weighted by atomic mass is 16.3. The molecule has 3 aromatic heterocycles. The minimum absolute atomic E-state index is 0.0152. The molecule has 0 aliphatic carbocycles. The molecule has 2 N–H and O–H groups in total. The molecule has 0 unspecified atom stereocenters. The van der Waals surface area contributed by atoms with E-state index in [1.165, 1.54) is 44.2 Å². The van der Waals surface area contributed by atoms with Crippen LogP contribution in [-0.2, 0) is 10.8 Å². The summed E-state index contributed by atoms with van der Waals surface area (Å²) in [5, 5.41) is 14.6. The molecular weight excluding hydrogens is 697 g/mol. The van der Waals surface area contributed by atoms with Gasteiger partial charge in [-0.1, -0.05) is 107 Å². The maximum absolute atomic E-state index is 11.3. The monoisotopic (exact) mass is 746 g/mol. The maximum Gasteiger partial charge on any atom is 0.147 e. The Morgan fingerprint density at radius 3 is 1.88 bits per heavy atom. The van der Waals surface area contributed by atoms with Gasteiger partial charge in [0, 0.05) is 38.5 Å². The molecule has 5 nitrogen and oxygen atoms in total. The van der Waals surface area contributed by atoms with Crippen LogP contribution in [0.2, 0.25) is 0 Å². The standard InChI is InChI=1S/C52H50N4O/c1-29-19-30(2)22-33(21-29)39-28-44(54-49-37(39)13-12-16-46(49)57)38-14-11-15-45-48(38)55-50(56(45)36-23-31(3)20-32(4)24-36)42-27-35(52(8,9)10)26-41-40-25-34(51(5,6)7)17-18-43(40)53-47(41)42/h11-28,53,57H,1-10H3. The van der Waals surface area contributed by atoms with Crippen LogP contribution in [-0.4, -0.2) is 24.6 Å². The number of para-hydroxylation sites is 2. The van der Waals surface area contributed by atoms with Crippen molar-refractivity contribution in [2.24, 2.45) is 0 Å². The van der Waals surface area contributed by atoms with Crippen LogP contribution in [0, 0.1) is 27.7 Å². The van der Waals surface area contributed by atoms with E-state index in [1.54, 1.807) is 6.07 Å². The van der Waals surface area contributed by atoms with Crippen molar-refractivity contribution in [3.63, 3.8) is 0 Å². The van der Waals surface area contributed by atoms with E-state index in [-0.39, 0.29) is 16.6 Å². The predicted octanol–water partition coefficient (Wildman–Crippen LogP) is 13.7. The fraction of sp³-hybridized carbons (Fsp3) is 0.231. The number of benzene rings is 6. The van der Waals surface area contributed by atoms with Crippen molar-refractivity contribution >= 4 is 43.7 Å². The molecule has 0 atom stereocenters. The summed E-state index contributed by atoms with van der Waals surface area (Å²) >= 11 is 0. The van der Waals surface area contributed by atoms with Crippen LogP contribution in [0.1, 0.15) is 74.9 Å². The highest BCUT2D eigenvalue weighted by Crippen LogP contribution is 2.43. The highest BCUT2D eigenvalue weighted by molar-refractivity contribution is 6.13.